The van der Waals surface area contributed by atoms with Crippen molar-refractivity contribution in [2.75, 3.05) is 7.11 Å². The average molecular weight is 115 g/mol. The van der Waals surface area contributed by atoms with Gasteiger partial charge in [-0.2, -0.15) is 0 Å². The van der Waals surface area contributed by atoms with E-state index in [1.54, 1.807) is 7.11 Å². The molecule has 8 heavy (non-hydrogen) atoms. The van der Waals surface area contributed by atoms with Gasteiger partial charge < -0.3 is 9.84 Å². The van der Waals surface area contributed by atoms with Crippen molar-refractivity contribution in [3.8, 4) is 0 Å². The second kappa shape index (κ2) is 2.46. The lowest BCUT2D eigenvalue weighted by Gasteiger charge is -2.22. The minimum atomic E-state index is -0.444. The van der Waals surface area contributed by atoms with Crippen molar-refractivity contribution in [2.45, 2.75) is 31.5 Å². The second-order valence-corrected chi connectivity index (χ2v) is 2.24. The normalized spacial score (nSPS) is 38.2. The van der Waals surface area contributed by atoms with Crippen LogP contribution in [0.5, 0.6) is 0 Å². The van der Waals surface area contributed by atoms with Gasteiger partial charge in [0, 0.05) is 13.2 Å². The second-order valence-electron chi connectivity index (χ2n) is 2.24. The smallest absolute Gasteiger partial charge is 0.0447 e. The van der Waals surface area contributed by atoms with Gasteiger partial charge in [-0.15, -0.1) is 0 Å². The number of hydrogen-bond donors (Lipinski definition) is 0. The Kier molecular flexibility index (Phi) is 1.86. The van der Waals surface area contributed by atoms with Crippen molar-refractivity contribution < 1.29 is 9.84 Å². The lowest BCUT2D eigenvalue weighted by atomic mass is 10.3. The van der Waals surface area contributed by atoms with Crippen molar-refractivity contribution in [1.29, 1.82) is 0 Å². The van der Waals surface area contributed by atoms with Crippen LogP contribution in [0.3, 0.4) is 0 Å². The molecular formula is C6H11O2-. The maximum atomic E-state index is 10.8. The fourth-order valence-electron chi connectivity index (χ4n) is 1.16. The molecule has 1 aliphatic rings. The molecule has 1 aliphatic carbocycles. The van der Waals surface area contributed by atoms with Gasteiger partial charge in [0.25, 0.3) is 0 Å². The Morgan fingerprint density at radius 2 is 2.25 bits per heavy atom. The summed E-state index contributed by atoms with van der Waals surface area (Å²) in [5.74, 6) is 0. The molecule has 0 aliphatic heterocycles. The Morgan fingerprint density at radius 1 is 1.50 bits per heavy atom. The molecule has 0 bridgehead atoms. The van der Waals surface area contributed by atoms with Crippen molar-refractivity contribution in [1.82, 2.24) is 0 Å². The summed E-state index contributed by atoms with van der Waals surface area (Å²) in [7, 11) is 1.61. The van der Waals surface area contributed by atoms with Gasteiger partial charge in [-0.1, -0.05) is 18.9 Å². The molecule has 2 nitrogen and oxygen atoms in total. The molecule has 1 rings (SSSR count). The summed E-state index contributed by atoms with van der Waals surface area (Å²) in [4.78, 5) is 0. The summed E-state index contributed by atoms with van der Waals surface area (Å²) in [6.45, 7) is 0. The zero-order chi connectivity index (χ0) is 5.98. The molecule has 2 heteroatoms. The zero-order valence-corrected chi connectivity index (χ0v) is 5.09. The van der Waals surface area contributed by atoms with Gasteiger partial charge in [-0.05, 0) is 6.42 Å². The molecule has 0 aromatic heterocycles. The SMILES string of the molecule is COC1CCCC1[O-]. The standard InChI is InChI=1S/C6H11O2/c1-8-6-4-2-3-5(6)7/h5-6H,2-4H2,1H3/q-1. The van der Waals surface area contributed by atoms with Crippen LogP contribution in [0.4, 0.5) is 0 Å². The van der Waals surface area contributed by atoms with Crippen LogP contribution in [0.15, 0.2) is 0 Å². The van der Waals surface area contributed by atoms with Crippen LogP contribution in [-0.4, -0.2) is 19.3 Å². The van der Waals surface area contributed by atoms with E-state index in [1.807, 2.05) is 0 Å². The molecule has 0 spiro atoms. The fraction of sp³-hybridized carbons (Fsp3) is 1.00. The Balaban J connectivity index is 2.30. The van der Waals surface area contributed by atoms with E-state index in [4.69, 9.17) is 4.74 Å². The van der Waals surface area contributed by atoms with E-state index in [1.165, 1.54) is 0 Å². The third kappa shape index (κ3) is 1.01. The Bertz CT molecular complexity index is 72.9. The molecule has 2 atom stereocenters. The molecule has 0 amide bonds. The van der Waals surface area contributed by atoms with E-state index in [2.05, 4.69) is 0 Å². The molecule has 0 radical (unpaired) electrons. The fourth-order valence-corrected chi connectivity index (χ4v) is 1.16. The maximum absolute atomic E-state index is 10.8. The van der Waals surface area contributed by atoms with Gasteiger partial charge in [0.2, 0.25) is 0 Å². The predicted octanol–water partition coefficient (Wildman–Crippen LogP) is -0.0858. The highest BCUT2D eigenvalue weighted by Gasteiger charge is 2.16. The van der Waals surface area contributed by atoms with Crippen LogP contribution in [0.2, 0.25) is 0 Å². The minimum absolute atomic E-state index is 0.00926. The Hall–Kier alpha value is -0.0800. The quantitative estimate of drug-likeness (QED) is 0.478. The molecule has 2 unspecified atom stereocenters. The van der Waals surface area contributed by atoms with E-state index in [9.17, 15) is 5.11 Å². The van der Waals surface area contributed by atoms with E-state index < -0.39 is 6.10 Å². The number of rotatable bonds is 1. The average Bonchev–Trinajstić information content (AvgIpc) is 2.14. The van der Waals surface area contributed by atoms with Crippen LogP contribution in [0.25, 0.3) is 0 Å². The molecule has 0 aromatic rings. The van der Waals surface area contributed by atoms with Crippen molar-refractivity contribution in [2.24, 2.45) is 0 Å². The summed E-state index contributed by atoms with van der Waals surface area (Å²) in [5, 5.41) is 10.8. The first-order valence-corrected chi connectivity index (χ1v) is 3.03. The number of ether oxygens (including phenoxy) is 1. The van der Waals surface area contributed by atoms with E-state index >= 15 is 0 Å². The first-order valence-electron chi connectivity index (χ1n) is 3.03. The first-order chi connectivity index (χ1) is 3.84. The molecule has 0 saturated heterocycles. The van der Waals surface area contributed by atoms with Crippen molar-refractivity contribution >= 4 is 0 Å². The highest BCUT2D eigenvalue weighted by molar-refractivity contribution is 4.74. The van der Waals surface area contributed by atoms with Crippen LogP contribution < -0.4 is 5.11 Å². The molecule has 0 heterocycles. The van der Waals surface area contributed by atoms with Gasteiger partial charge in [-0.25, -0.2) is 0 Å². The maximum Gasteiger partial charge on any atom is 0.0447 e. The van der Waals surface area contributed by atoms with Crippen LogP contribution >= 0.6 is 0 Å². The summed E-state index contributed by atoms with van der Waals surface area (Å²) in [5.41, 5.74) is 0. The van der Waals surface area contributed by atoms with E-state index in [0.717, 1.165) is 19.3 Å². The number of hydrogen-bond acceptors (Lipinski definition) is 2. The lowest BCUT2D eigenvalue weighted by Crippen LogP contribution is -2.33. The highest BCUT2D eigenvalue weighted by Crippen LogP contribution is 2.18. The van der Waals surface area contributed by atoms with E-state index in [0.29, 0.717) is 0 Å². The topological polar surface area (TPSA) is 32.3 Å². The van der Waals surface area contributed by atoms with Gasteiger partial charge in [0.05, 0.1) is 0 Å². The Labute approximate surface area is 49.5 Å². The van der Waals surface area contributed by atoms with Gasteiger partial charge in [0.15, 0.2) is 0 Å². The largest absolute Gasteiger partial charge is 0.850 e. The van der Waals surface area contributed by atoms with Gasteiger partial charge in [0.1, 0.15) is 0 Å². The Morgan fingerprint density at radius 3 is 2.50 bits per heavy atom. The molecule has 1 saturated carbocycles. The lowest BCUT2D eigenvalue weighted by molar-refractivity contribution is -0.433. The van der Waals surface area contributed by atoms with Crippen LogP contribution in [-0.2, 0) is 4.74 Å². The van der Waals surface area contributed by atoms with Crippen LogP contribution in [0, 0.1) is 0 Å². The van der Waals surface area contributed by atoms with Crippen molar-refractivity contribution in [3.63, 3.8) is 0 Å². The minimum Gasteiger partial charge on any atom is -0.850 e. The highest BCUT2D eigenvalue weighted by atomic mass is 16.5. The summed E-state index contributed by atoms with van der Waals surface area (Å²) < 4.78 is 4.91. The number of methoxy groups -OCH3 is 1. The third-order valence-electron chi connectivity index (χ3n) is 1.69. The molecule has 0 N–H and O–H groups in total. The third-order valence-corrected chi connectivity index (χ3v) is 1.69. The summed E-state index contributed by atoms with van der Waals surface area (Å²) >= 11 is 0. The molecule has 48 valence electrons. The molecule has 0 aromatic carbocycles. The summed E-state index contributed by atoms with van der Waals surface area (Å²) in [6, 6.07) is 0. The van der Waals surface area contributed by atoms with Crippen LogP contribution in [0.1, 0.15) is 19.3 Å². The first kappa shape index (κ1) is 6.05. The molecule has 1 fully saturated rings. The molecular weight excluding hydrogens is 104 g/mol. The van der Waals surface area contributed by atoms with E-state index in [-0.39, 0.29) is 6.10 Å². The van der Waals surface area contributed by atoms with Crippen molar-refractivity contribution in [3.05, 3.63) is 0 Å². The van der Waals surface area contributed by atoms with Gasteiger partial charge >= 0.3 is 0 Å². The zero-order valence-electron chi connectivity index (χ0n) is 5.09. The monoisotopic (exact) mass is 115 g/mol. The van der Waals surface area contributed by atoms with Gasteiger partial charge in [-0.3, -0.25) is 0 Å². The predicted molar refractivity (Wildman–Crippen MR) is 28.4 cm³/mol. The summed E-state index contributed by atoms with van der Waals surface area (Å²) in [6.07, 6.45) is 2.38.